The summed E-state index contributed by atoms with van der Waals surface area (Å²) in [5.41, 5.74) is 5.89. The highest BCUT2D eigenvalue weighted by Gasteiger charge is 2.23. The standard InChI is InChI=1S/C19H25N5O3/c20-19(27)14-5-3-9-23(12-14)10-4-8-21-18(26)13-24-16-7-2-1-6-15(16)17(25)11-22-24/h1-2,6-7,11,14H,3-5,8-10,12-13H2,(H2,20,27)(H,21,26). The van der Waals surface area contributed by atoms with Crippen molar-refractivity contribution in [1.82, 2.24) is 20.0 Å². The molecule has 0 spiro atoms. The van der Waals surface area contributed by atoms with E-state index in [2.05, 4.69) is 15.3 Å². The molecule has 1 saturated heterocycles. The fourth-order valence-corrected chi connectivity index (χ4v) is 3.50. The number of piperidine rings is 1. The summed E-state index contributed by atoms with van der Waals surface area (Å²) in [5.74, 6) is -0.438. The van der Waals surface area contributed by atoms with Crippen molar-refractivity contribution in [3.8, 4) is 0 Å². The van der Waals surface area contributed by atoms with Crippen LogP contribution in [0.5, 0.6) is 0 Å². The molecule has 1 aliphatic heterocycles. The van der Waals surface area contributed by atoms with Gasteiger partial charge in [0.15, 0.2) is 0 Å². The van der Waals surface area contributed by atoms with E-state index in [0.717, 1.165) is 32.4 Å². The Hall–Kier alpha value is -2.74. The van der Waals surface area contributed by atoms with Crippen LogP contribution in [0.15, 0.2) is 35.3 Å². The van der Waals surface area contributed by atoms with Crippen molar-refractivity contribution >= 4 is 22.7 Å². The van der Waals surface area contributed by atoms with E-state index in [1.807, 2.05) is 6.07 Å². The molecule has 2 heterocycles. The molecule has 1 unspecified atom stereocenters. The van der Waals surface area contributed by atoms with E-state index in [0.29, 0.717) is 24.0 Å². The topological polar surface area (TPSA) is 110 Å². The van der Waals surface area contributed by atoms with Crippen LogP contribution in [0.4, 0.5) is 0 Å². The van der Waals surface area contributed by atoms with Crippen molar-refractivity contribution < 1.29 is 9.59 Å². The van der Waals surface area contributed by atoms with Crippen LogP contribution in [0, 0.1) is 5.92 Å². The highest BCUT2D eigenvalue weighted by atomic mass is 16.2. The van der Waals surface area contributed by atoms with Crippen LogP contribution >= 0.6 is 0 Å². The van der Waals surface area contributed by atoms with E-state index in [4.69, 9.17) is 5.73 Å². The number of hydrogen-bond acceptors (Lipinski definition) is 5. The van der Waals surface area contributed by atoms with E-state index in [-0.39, 0.29) is 29.7 Å². The van der Waals surface area contributed by atoms with E-state index >= 15 is 0 Å². The van der Waals surface area contributed by atoms with Crippen LogP contribution < -0.4 is 16.5 Å². The Balaban J connectivity index is 1.46. The molecule has 1 fully saturated rings. The van der Waals surface area contributed by atoms with Gasteiger partial charge in [0.1, 0.15) is 6.54 Å². The van der Waals surface area contributed by atoms with Gasteiger partial charge < -0.3 is 16.0 Å². The zero-order valence-electron chi connectivity index (χ0n) is 15.3. The number of rotatable bonds is 7. The summed E-state index contributed by atoms with van der Waals surface area (Å²) in [5, 5.41) is 7.50. The number of likely N-dealkylation sites (tertiary alicyclic amines) is 1. The zero-order chi connectivity index (χ0) is 19.2. The monoisotopic (exact) mass is 371 g/mol. The second kappa shape index (κ2) is 8.77. The van der Waals surface area contributed by atoms with Crippen molar-refractivity contribution in [3.63, 3.8) is 0 Å². The molecule has 2 aromatic rings. The van der Waals surface area contributed by atoms with Crippen LogP contribution in [-0.2, 0) is 16.1 Å². The number of hydrogen-bond donors (Lipinski definition) is 2. The molecule has 8 nitrogen and oxygen atoms in total. The minimum atomic E-state index is -0.228. The molecule has 0 saturated carbocycles. The average Bonchev–Trinajstić information content (AvgIpc) is 2.68. The number of benzene rings is 1. The number of nitrogens with one attached hydrogen (secondary N) is 1. The van der Waals surface area contributed by atoms with E-state index < -0.39 is 0 Å². The average molecular weight is 371 g/mol. The Bertz CT molecular complexity index is 879. The molecular weight excluding hydrogens is 346 g/mol. The first kappa shape index (κ1) is 19.0. The van der Waals surface area contributed by atoms with Gasteiger partial charge in [-0.15, -0.1) is 0 Å². The Morgan fingerprint density at radius 3 is 2.93 bits per heavy atom. The molecule has 2 amide bonds. The van der Waals surface area contributed by atoms with Crippen LogP contribution in [-0.4, -0.2) is 52.7 Å². The molecular formula is C19H25N5O3. The molecule has 0 bridgehead atoms. The number of para-hydroxylation sites is 1. The van der Waals surface area contributed by atoms with E-state index in [9.17, 15) is 14.4 Å². The van der Waals surface area contributed by atoms with Crippen molar-refractivity contribution in [2.24, 2.45) is 11.7 Å². The summed E-state index contributed by atoms with van der Waals surface area (Å²) in [7, 11) is 0. The van der Waals surface area contributed by atoms with Gasteiger partial charge in [-0.25, -0.2) is 0 Å². The van der Waals surface area contributed by atoms with Crippen LogP contribution in [0.1, 0.15) is 19.3 Å². The third-order valence-electron chi connectivity index (χ3n) is 4.94. The summed E-state index contributed by atoms with van der Waals surface area (Å²) in [6.07, 6.45) is 3.88. The molecule has 8 heteroatoms. The van der Waals surface area contributed by atoms with Crippen molar-refractivity contribution in [2.45, 2.75) is 25.8 Å². The summed E-state index contributed by atoms with van der Waals surface area (Å²) >= 11 is 0. The molecule has 3 N–H and O–H groups in total. The lowest BCUT2D eigenvalue weighted by molar-refractivity contribution is -0.123. The van der Waals surface area contributed by atoms with Crippen LogP contribution in [0.25, 0.3) is 10.9 Å². The predicted molar refractivity (Wildman–Crippen MR) is 102 cm³/mol. The maximum atomic E-state index is 12.2. The Kier molecular flexibility index (Phi) is 6.18. The Labute approximate surface area is 157 Å². The molecule has 3 rings (SSSR count). The number of nitrogens with two attached hydrogens (primary N) is 1. The number of carbonyl (C=O) groups excluding carboxylic acids is 2. The van der Waals surface area contributed by atoms with Gasteiger partial charge in [0.2, 0.25) is 17.2 Å². The van der Waals surface area contributed by atoms with Gasteiger partial charge in [-0.3, -0.25) is 19.1 Å². The molecule has 1 aromatic heterocycles. The van der Waals surface area contributed by atoms with Crippen molar-refractivity contribution in [2.75, 3.05) is 26.2 Å². The highest BCUT2D eigenvalue weighted by Crippen LogP contribution is 2.15. The first-order chi connectivity index (χ1) is 13.0. The van der Waals surface area contributed by atoms with Gasteiger partial charge in [0, 0.05) is 18.5 Å². The SMILES string of the molecule is NC(=O)C1CCCN(CCCNC(=O)Cn2ncc(=O)c3ccccc32)C1. The second-order valence-corrected chi connectivity index (χ2v) is 6.93. The first-order valence-corrected chi connectivity index (χ1v) is 9.28. The van der Waals surface area contributed by atoms with E-state index in [1.165, 1.54) is 10.9 Å². The smallest absolute Gasteiger partial charge is 0.241 e. The number of amides is 2. The number of aromatic nitrogens is 2. The quantitative estimate of drug-likeness (QED) is 0.671. The van der Waals surface area contributed by atoms with Crippen LogP contribution in [0.2, 0.25) is 0 Å². The molecule has 1 aliphatic rings. The molecule has 27 heavy (non-hydrogen) atoms. The highest BCUT2D eigenvalue weighted by molar-refractivity contribution is 5.81. The number of carbonyl (C=O) groups is 2. The number of nitrogens with zero attached hydrogens (tertiary/aromatic N) is 3. The second-order valence-electron chi connectivity index (χ2n) is 6.93. The third kappa shape index (κ3) is 4.91. The molecule has 1 atom stereocenters. The van der Waals surface area contributed by atoms with Gasteiger partial charge in [0.05, 0.1) is 17.6 Å². The van der Waals surface area contributed by atoms with Gasteiger partial charge in [-0.2, -0.15) is 5.10 Å². The van der Waals surface area contributed by atoms with E-state index in [1.54, 1.807) is 18.2 Å². The molecule has 144 valence electrons. The van der Waals surface area contributed by atoms with Gasteiger partial charge in [-0.05, 0) is 44.5 Å². The zero-order valence-corrected chi connectivity index (χ0v) is 15.3. The summed E-state index contributed by atoms with van der Waals surface area (Å²) < 4.78 is 1.54. The first-order valence-electron chi connectivity index (χ1n) is 9.28. The van der Waals surface area contributed by atoms with Gasteiger partial charge in [0.25, 0.3) is 0 Å². The minimum Gasteiger partial charge on any atom is -0.369 e. The third-order valence-corrected chi connectivity index (χ3v) is 4.94. The molecule has 1 aromatic carbocycles. The van der Waals surface area contributed by atoms with Crippen molar-refractivity contribution in [3.05, 3.63) is 40.7 Å². The maximum Gasteiger partial charge on any atom is 0.241 e. The lowest BCUT2D eigenvalue weighted by Gasteiger charge is -2.31. The molecule has 0 radical (unpaired) electrons. The fourth-order valence-electron chi connectivity index (χ4n) is 3.50. The lowest BCUT2D eigenvalue weighted by Crippen LogP contribution is -2.42. The Morgan fingerprint density at radius 1 is 1.30 bits per heavy atom. The normalized spacial score (nSPS) is 17.7. The summed E-state index contributed by atoms with van der Waals surface area (Å²) in [6.45, 7) is 3.10. The van der Waals surface area contributed by atoms with Gasteiger partial charge in [-0.1, -0.05) is 12.1 Å². The lowest BCUT2D eigenvalue weighted by atomic mass is 9.97. The fraction of sp³-hybridized carbons (Fsp3) is 0.474. The maximum absolute atomic E-state index is 12.2. The van der Waals surface area contributed by atoms with Gasteiger partial charge >= 0.3 is 0 Å². The molecule has 0 aliphatic carbocycles. The minimum absolute atomic E-state index is 0.0620. The Morgan fingerprint density at radius 2 is 2.11 bits per heavy atom. The largest absolute Gasteiger partial charge is 0.369 e. The summed E-state index contributed by atoms with van der Waals surface area (Å²) in [4.78, 5) is 37.6. The number of primary amides is 1. The predicted octanol–water partition coefficient (Wildman–Crippen LogP) is 0.100. The van der Waals surface area contributed by atoms with Crippen molar-refractivity contribution in [1.29, 1.82) is 0 Å². The number of fused-ring (bicyclic) bond motifs is 1. The van der Waals surface area contributed by atoms with Crippen LogP contribution in [0.3, 0.4) is 0 Å². The summed E-state index contributed by atoms with van der Waals surface area (Å²) in [6, 6.07) is 7.11.